The Morgan fingerprint density at radius 2 is 2.12 bits per heavy atom. The molecule has 3 N–H and O–H groups in total. The third-order valence-corrected chi connectivity index (χ3v) is 3.17. The van der Waals surface area contributed by atoms with Crippen LogP contribution in [-0.2, 0) is 0 Å². The number of unbranched alkanes of at least 4 members (excludes halogenated alkanes) is 1. The van der Waals surface area contributed by atoms with Gasteiger partial charge in [-0.05, 0) is 13.3 Å². The van der Waals surface area contributed by atoms with Crippen molar-refractivity contribution in [2.24, 2.45) is 0 Å². The van der Waals surface area contributed by atoms with Gasteiger partial charge in [0.1, 0.15) is 5.69 Å². The molecule has 0 aromatic carbocycles. The van der Waals surface area contributed by atoms with Crippen LogP contribution in [0.25, 0.3) is 0 Å². The first kappa shape index (κ1) is 13.4. The monoisotopic (exact) mass is 260 g/mol. The lowest BCUT2D eigenvalue weighted by molar-refractivity contribution is 0.888. The Hall–Kier alpha value is -0.680. The Labute approximate surface area is 105 Å². The first-order valence-electron chi connectivity index (χ1n) is 5.38. The average molecular weight is 261 g/mol. The predicted octanol–water partition coefficient (Wildman–Crippen LogP) is 3.04. The SMILES string of the molecule is CCCCSc1nc(Cl)c(N)c(NCC)n1. The summed E-state index contributed by atoms with van der Waals surface area (Å²) in [6, 6.07) is 0. The van der Waals surface area contributed by atoms with Gasteiger partial charge >= 0.3 is 0 Å². The van der Waals surface area contributed by atoms with E-state index < -0.39 is 0 Å². The minimum absolute atomic E-state index is 0.324. The normalized spacial score (nSPS) is 10.4. The Morgan fingerprint density at radius 3 is 2.75 bits per heavy atom. The van der Waals surface area contributed by atoms with Crippen molar-refractivity contribution in [3.8, 4) is 0 Å². The van der Waals surface area contributed by atoms with Crippen molar-refractivity contribution in [1.29, 1.82) is 0 Å². The molecule has 0 aliphatic rings. The molecule has 0 aliphatic heterocycles. The summed E-state index contributed by atoms with van der Waals surface area (Å²) in [7, 11) is 0. The van der Waals surface area contributed by atoms with Crippen LogP contribution in [0.4, 0.5) is 11.5 Å². The number of aromatic nitrogens is 2. The molecule has 0 spiro atoms. The number of hydrogen-bond acceptors (Lipinski definition) is 5. The number of anilines is 2. The van der Waals surface area contributed by atoms with Gasteiger partial charge in [-0.15, -0.1) is 0 Å². The molecule has 0 atom stereocenters. The van der Waals surface area contributed by atoms with E-state index >= 15 is 0 Å². The number of rotatable bonds is 6. The van der Waals surface area contributed by atoms with E-state index in [-0.39, 0.29) is 0 Å². The van der Waals surface area contributed by atoms with Crippen molar-refractivity contribution in [2.75, 3.05) is 23.3 Å². The van der Waals surface area contributed by atoms with Gasteiger partial charge in [-0.1, -0.05) is 36.7 Å². The van der Waals surface area contributed by atoms with Crippen LogP contribution in [0.5, 0.6) is 0 Å². The molecule has 0 aliphatic carbocycles. The largest absolute Gasteiger partial charge is 0.393 e. The van der Waals surface area contributed by atoms with Gasteiger partial charge in [0.15, 0.2) is 16.1 Å². The summed E-state index contributed by atoms with van der Waals surface area (Å²) in [6.45, 7) is 4.90. The van der Waals surface area contributed by atoms with Gasteiger partial charge in [0.2, 0.25) is 0 Å². The maximum absolute atomic E-state index is 5.94. The second kappa shape index (κ2) is 6.81. The van der Waals surface area contributed by atoms with Crippen molar-refractivity contribution in [1.82, 2.24) is 9.97 Å². The van der Waals surface area contributed by atoms with Crippen LogP contribution in [-0.4, -0.2) is 22.3 Å². The molecule has 6 heteroatoms. The van der Waals surface area contributed by atoms with Gasteiger partial charge < -0.3 is 11.1 Å². The summed E-state index contributed by atoms with van der Waals surface area (Å²) in [5.74, 6) is 1.63. The van der Waals surface area contributed by atoms with Crippen LogP contribution in [0.1, 0.15) is 26.7 Å². The van der Waals surface area contributed by atoms with Crippen LogP contribution >= 0.6 is 23.4 Å². The fourth-order valence-electron chi connectivity index (χ4n) is 1.10. The molecule has 1 aromatic heterocycles. The van der Waals surface area contributed by atoms with E-state index in [4.69, 9.17) is 17.3 Å². The minimum atomic E-state index is 0.324. The van der Waals surface area contributed by atoms with E-state index in [1.54, 1.807) is 11.8 Å². The molecule has 4 nitrogen and oxygen atoms in total. The molecule has 0 unspecified atom stereocenters. The highest BCUT2D eigenvalue weighted by atomic mass is 35.5. The zero-order chi connectivity index (χ0) is 12.0. The fraction of sp³-hybridized carbons (Fsp3) is 0.600. The number of nitrogen functional groups attached to an aromatic ring is 1. The van der Waals surface area contributed by atoms with Gasteiger partial charge in [-0.25, -0.2) is 9.97 Å². The standard InChI is InChI=1S/C10H17ClN4S/c1-3-5-6-16-10-14-8(11)7(12)9(15-10)13-4-2/h3-6,12H2,1-2H3,(H,13,14,15). The van der Waals surface area contributed by atoms with E-state index in [0.29, 0.717) is 21.8 Å². The summed E-state index contributed by atoms with van der Waals surface area (Å²) in [5.41, 5.74) is 6.18. The topological polar surface area (TPSA) is 63.8 Å². The number of thioether (sulfide) groups is 1. The molecule has 0 amide bonds. The maximum Gasteiger partial charge on any atom is 0.191 e. The first-order valence-corrected chi connectivity index (χ1v) is 6.75. The van der Waals surface area contributed by atoms with E-state index in [1.165, 1.54) is 0 Å². The van der Waals surface area contributed by atoms with Crippen LogP contribution in [0.2, 0.25) is 5.15 Å². The lowest BCUT2D eigenvalue weighted by Gasteiger charge is -2.09. The molecule has 1 rings (SSSR count). The molecular formula is C10H17ClN4S. The first-order chi connectivity index (χ1) is 7.69. The van der Waals surface area contributed by atoms with Crippen molar-refractivity contribution >= 4 is 34.9 Å². The van der Waals surface area contributed by atoms with Gasteiger partial charge in [-0.3, -0.25) is 0 Å². The van der Waals surface area contributed by atoms with Gasteiger partial charge in [-0.2, -0.15) is 0 Å². The molecule has 1 aromatic rings. The number of nitrogens with two attached hydrogens (primary N) is 1. The van der Waals surface area contributed by atoms with E-state index in [9.17, 15) is 0 Å². The van der Waals surface area contributed by atoms with Crippen molar-refractivity contribution in [2.45, 2.75) is 31.8 Å². The third kappa shape index (κ3) is 3.72. The number of nitrogens with one attached hydrogen (secondary N) is 1. The molecule has 1 heterocycles. The van der Waals surface area contributed by atoms with Gasteiger partial charge in [0, 0.05) is 12.3 Å². The quantitative estimate of drug-likeness (QED) is 0.356. The minimum Gasteiger partial charge on any atom is -0.393 e. The second-order valence-electron chi connectivity index (χ2n) is 3.29. The Balaban J connectivity index is 2.77. The summed E-state index contributed by atoms with van der Waals surface area (Å²) in [5, 5.41) is 4.08. The lowest BCUT2D eigenvalue weighted by Crippen LogP contribution is -2.06. The Morgan fingerprint density at radius 1 is 1.38 bits per heavy atom. The van der Waals surface area contributed by atoms with Crippen molar-refractivity contribution < 1.29 is 0 Å². The predicted molar refractivity (Wildman–Crippen MR) is 71.3 cm³/mol. The third-order valence-electron chi connectivity index (χ3n) is 1.95. The highest BCUT2D eigenvalue weighted by molar-refractivity contribution is 7.99. The molecule has 0 bridgehead atoms. The number of halogens is 1. The molecule has 0 fully saturated rings. The smallest absolute Gasteiger partial charge is 0.191 e. The van der Waals surface area contributed by atoms with E-state index in [0.717, 1.165) is 25.1 Å². The molecule has 0 saturated carbocycles. The van der Waals surface area contributed by atoms with Crippen LogP contribution in [0.15, 0.2) is 5.16 Å². The molecular weight excluding hydrogens is 244 g/mol. The summed E-state index contributed by atoms with van der Waals surface area (Å²) >= 11 is 7.54. The van der Waals surface area contributed by atoms with Crippen LogP contribution in [0.3, 0.4) is 0 Å². The van der Waals surface area contributed by atoms with E-state index in [2.05, 4.69) is 22.2 Å². The lowest BCUT2D eigenvalue weighted by atomic mass is 10.4. The van der Waals surface area contributed by atoms with Crippen molar-refractivity contribution in [3.05, 3.63) is 5.15 Å². The molecule has 0 saturated heterocycles. The summed E-state index contributed by atoms with van der Waals surface area (Å²) in [4.78, 5) is 8.47. The Bertz CT molecular complexity index is 346. The summed E-state index contributed by atoms with van der Waals surface area (Å²) in [6.07, 6.45) is 2.31. The second-order valence-corrected chi connectivity index (χ2v) is 4.71. The number of hydrogen-bond donors (Lipinski definition) is 2. The zero-order valence-corrected chi connectivity index (χ0v) is 11.2. The van der Waals surface area contributed by atoms with Gasteiger partial charge in [0.25, 0.3) is 0 Å². The number of nitrogens with zero attached hydrogens (tertiary/aromatic N) is 2. The van der Waals surface area contributed by atoms with Crippen molar-refractivity contribution in [3.63, 3.8) is 0 Å². The Kier molecular flexibility index (Phi) is 5.69. The van der Waals surface area contributed by atoms with Crippen LogP contribution < -0.4 is 11.1 Å². The maximum atomic E-state index is 5.94. The summed E-state index contributed by atoms with van der Waals surface area (Å²) < 4.78 is 0. The highest BCUT2D eigenvalue weighted by Gasteiger charge is 2.09. The average Bonchev–Trinajstić information content (AvgIpc) is 2.26. The van der Waals surface area contributed by atoms with E-state index in [1.807, 2.05) is 6.92 Å². The molecule has 90 valence electrons. The molecule has 16 heavy (non-hydrogen) atoms. The van der Waals surface area contributed by atoms with Crippen LogP contribution in [0, 0.1) is 0 Å². The highest BCUT2D eigenvalue weighted by Crippen LogP contribution is 2.27. The zero-order valence-electron chi connectivity index (χ0n) is 9.59. The fourth-order valence-corrected chi connectivity index (χ4v) is 2.24. The van der Waals surface area contributed by atoms with Gasteiger partial charge in [0.05, 0.1) is 0 Å². The molecule has 0 radical (unpaired) electrons.